The second-order valence-electron chi connectivity index (χ2n) is 5.70. The number of aryl methyl sites for hydroxylation is 1. The van der Waals surface area contributed by atoms with E-state index in [9.17, 15) is 18.0 Å². The highest BCUT2D eigenvalue weighted by Crippen LogP contribution is 2.35. The van der Waals surface area contributed by atoms with Gasteiger partial charge in [0.15, 0.2) is 11.5 Å². The van der Waals surface area contributed by atoms with Crippen molar-refractivity contribution < 1.29 is 18.0 Å². The third-order valence-corrected chi connectivity index (χ3v) is 4.72. The van der Waals surface area contributed by atoms with E-state index in [0.29, 0.717) is 5.02 Å². The molecule has 1 aromatic carbocycles. The van der Waals surface area contributed by atoms with Crippen LogP contribution in [0.25, 0.3) is 0 Å². The maximum atomic E-state index is 12.9. The summed E-state index contributed by atoms with van der Waals surface area (Å²) < 4.78 is 40.9. The van der Waals surface area contributed by atoms with Gasteiger partial charge in [0.05, 0.1) is 6.54 Å². The van der Waals surface area contributed by atoms with Crippen molar-refractivity contribution in [3.05, 3.63) is 62.5 Å². The van der Waals surface area contributed by atoms with E-state index in [1.165, 1.54) is 17.9 Å². The van der Waals surface area contributed by atoms with E-state index in [2.05, 4.69) is 15.5 Å². The number of nitrogens with one attached hydrogen (secondary N) is 1. The molecule has 2 heterocycles. The van der Waals surface area contributed by atoms with Crippen molar-refractivity contribution in [2.75, 3.05) is 5.32 Å². The summed E-state index contributed by atoms with van der Waals surface area (Å²) in [6, 6.07) is 7.09. The van der Waals surface area contributed by atoms with Crippen molar-refractivity contribution in [3.63, 3.8) is 0 Å². The van der Waals surface area contributed by atoms with Crippen molar-refractivity contribution in [3.8, 4) is 0 Å². The summed E-state index contributed by atoms with van der Waals surface area (Å²) in [4.78, 5) is 12.4. The van der Waals surface area contributed by atoms with Gasteiger partial charge in [-0.3, -0.25) is 14.2 Å². The highest BCUT2D eigenvalue weighted by Gasteiger charge is 2.39. The van der Waals surface area contributed by atoms with Crippen LogP contribution in [-0.2, 0) is 19.8 Å². The van der Waals surface area contributed by atoms with Crippen LogP contribution in [0.3, 0.4) is 0 Å². The molecule has 0 spiro atoms. The first-order valence-electron chi connectivity index (χ1n) is 7.65. The normalized spacial score (nSPS) is 11.7. The first kappa shape index (κ1) is 20.5. The molecule has 12 heteroatoms. The largest absolute Gasteiger partial charge is 0.436 e. The second kappa shape index (κ2) is 7.65. The molecule has 3 rings (SSSR count). The molecule has 0 unspecified atom stereocenters. The van der Waals surface area contributed by atoms with E-state index in [1.807, 2.05) is 0 Å². The molecule has 0 radical (unpaired) electrons. The lowest BCUT2D eigenvalue weighted by Crippen LogP contribution is -2.17. The summed E-state index contributed by atoms with van der Waals surface area (Å²) in [6.07, 6.45) is -3.34. The van der Waals surface area contributed by atoms with Crippen molar-refractivity contribution in [2.45, 2.75) is 12.7 Å². The Labute approximate surface area is 171 Å². The van der Waals surface area contributed by atoms with Crippen LogP contribution in [0.1, 0.15) is 21.7 Å². The number of aromatic nitrogens is 4. The number of benzene rings is 1. The summed E-state index contributed by atoms with van der Waals surface area (Å²) in [5.41, 5.74) is -1.05. The Morgan fingerprint density at radius 3 is 2.43 bits per heavy atom. The number of anilines is 1. The number of amides is 1. The lowest BCUT2D eigenvalue weighted by atomic mass is 10.2. The Morgan fingerprint density at radius 1 is 1.14 bits per heavy atom. The zero-order valence-corrected chi connectivity index (χ0v) is 16.3. The van der Waals surface area contributed by atoms with Crippen LogP contribution in [0.15, 0.2) is 30.5 Å². The van der Waals surface area contributed by atoms with E-state index in [-0.39, 0.29) is 17.4 Å². The van der Waals surface area contributed by atoms with Crippen molar-refractivity contribution in [1.82, 2.24) is 19.6 Å². The standard InChI is InChI=1S/C16H11Cl3F3N5O/c1-26-12(11(19)13(24-26)16(20,21)22)15(28)23-14-10(18)7-27(25-14)6-8-4-2-3-5-9(8)17/h2-5,7H,6H2,1H3,(H,23,25,28). The van der Waals surface area contributed by atoms with Gasteiger partial charge in [-0.15, -0.1) is 0 Å². The first-order valence-corrected chi connectivity index (χ1v) is 8.78. The summed E-state index contributed by atoms with van der Waals surface area (Å²) in [5, 5.41) is 9.55. The Hall–Kier alpha value is -2.23. The number of rotatable bonds is 4. The average molecular weight is 453 g/mol. The molecule has 0 saturated heterocycles. The molecule has 0 aliphatic rings. The van der Waals surface area contributed by atoms with Crippen LogP contribution in [0.4, 0.5) is 19.0 Å². The topological polar surface area (TPSA) is 64.7 Å². The van der Waals surface area contributed by atoms with Crippen molar-refractivity contribution >= 4 is 46.5 Å². The predicted molar refractivity (Wildman–Crippen MR) is 99.0 cm³/mol. The third kappa shape index (κ3) is 4.11. The van der Waals surface area contributed by atoms with E-state index in [4.69, 9.17) is 34.8 Å². The fourth-order valence-electron chi connectivity index (χ4n) is 2.46. The monoisotopic (exact) mass is 451 g/mol. The number of carbonyl (C=O) groups is 1. The van der Waals surface area contributed by atoms with Gasteiger partial charge in [-0.1, -0.05) is 53.0 Å². The average Bonchev–Trinajstić information content (AvgIpc) is 3.08. The summed E-state index contributed by atoms with van der Waals surface area (Å²) in [7, 11) is 1.17. The van der Waals surface area contributed by atoms with Gasteiger partial charge in [-0.2, -0.15) is 23.4 Å². The van der Waals surface area contributed by atoms with Gasteiger partial charge in [0, 0.05) is 18.3 Å². The molecule has 0 bridgehead atoms. The highest BCUT2D eigenvalue weighted by molar-refractivity contribution is 6.36. The lowest BCUT2D eigenvalue weighted by Gasteiger charge is -2.05. The van der Waals surface area contributed by atoms with E-state index >= 15 is 0 Å². The maximum absolute atomic E-state index is 12.9. The van der Waals surface area contributed by atoms with Crippen molar-refractivity contribution in [2.24, 2.45) is 7.05 Å². The molecule has 0 saturated carbocycles. The predicted octanol–water partition coefficient (Wildman–Crippen LogP) is 4.90. The van der Waals surface area contributed by atoms with Gasteiger partial charge in [-0.05, 0) is 11.6 Å². The fraction of sp³-hybridized carbons (Fsp3) is 0.188. The number of halogens is 6. The molecule has 28 heavy (non-hydrogen) atoms. The van der Waals surface area contributed by atoms with Gasteiger partial charge in [-0.25, -0.2) is 0 Å². The van der Waals surface area contributed by atoms with Gasteiger partial charge >= 0.3 is 6.18 Å². The number of carbonyl (C=O) groups excluding carboxylic acids is 1. The van der Waals surface area contributed by atoms with Gasteiger partial charge in [0.1, 0.15) is 15.7 Å². The molecule has 148 valence electrons. The smallest absolute Gasteiger partial charge is 0.302 e. The molecule has 0 aliphatic heterocycles. The number of hydrogen-bond acceptors (Lipinski definition) is 3. The van der Waals surface area contributed by atoms with Crippen LogP contribution in [0.2, 0.25) is 15.1 Å². The van der Waals surface area contributed by atoms with Crippen LogP contribution in [0.5, 0.6) is 0 Å². The molecule has 6 nitrogen and oxygen atoms in total. The Morgan fingerprint density at radius 2 is 1.82 bits per heavy atom. The number of hydrogen-bond donors (Lipinski definition) is 1. The SMILES string of the molecule is Cn1nc(C(F)(F)F)c(Cl)c1C(=O)Nc1nn(Cc2ccccc2Cl)cc1Cl. The fourth-order valence-corrected chi connectivity index (χ4v) is 3.20. The number of nitrogens with zero attached hydrogens (tertiary/aromatic N) is 4. The molecule has 0 fully saturated rings. The zero-order chi connectivity index (χ0) is 20.6. The minimum Gasteiger partial charge on any atom is -0.302 e. The first-order chi connectivity index (χ1) is 13.1. The zero-order valence-electron chi connectivity index (χ0n) is 14.1. The van der Waals surface area contributed by atoms with Crippen molar-refractivity contribution in [1.29, 1.82) is 0 Å². The van der Waals surface area contributed by atoms with Gasteiger partial charge in [0.25, 0.3) is 5.91 Å². The Balaban J connectivity index is 1.83. The Kier molecular flexibility index (Phi) is 5.60. The number of alkyl halides is 3. The van der Waals surface area contributed by atoms with Gasteiger partial charge in [0.2, 0.25) is 0 Å². The van der Waals surface area contributed by atoms with E-state index in [0.717, 1.165) is 10.2 Å². The van der Waals surface area contributed by atoms with Crippen LogP contribution in [0, 0.1) is 0 Å². The lowest BCUT2D eigenvalue weighted by molar-refractivity contribution is -0.141. The molecule has 0 atom stereocenters. The minimum atomic E-state index is -4.79. The van der Waals surface area contributed by atoms with Gasteiger partial charge < -0.3 is 5.32 Å². The van der Waals surface area contributed by atoms with Crippen LogP contribution >= 0.6 is 34.8 Å². The molecule has 3 aromatic rings. The molecule has 2 aromatic heterocycles. The quantitative estimate of drug-likeness (QED) is 0.613. The molecule has 1 N–H and O–H groups in total. The van der Waals surface area contributed by atoms with E-state index in [1.54, 1.807) is 24.3 Å². The van der Waals surface area contributed by atoms with Crippen LogP contribution in [-0.4, -0.2) is 25.5 Å². The summed E-state index contributed by atoms with van der Waals surface area (Å²) in [6.45, 7) is 0.278. The van der Waals surface area contributed by atoms with Crippen LogP contribution < -0.4 is 5.32 Å². The third-order valence-electron chi connectivity index (χ3n) is 3.71. The summed E-state index contributed by atoms with van der Waals surface area (Å²) in [5.74, 6) is -0.968. The second-order valence-corrected chi connectivity index (χ2v) is 6.89. The molecular formula is C16H11Cl3F3N5O. The highest BCUT2D eigenvalue weighted by atomic mass is 35.5. The minimum absolute atomic E-state index is 0.0375. The maximum Gasteiger partial charge on any atom is 0.436 e. The summed E-state index contributed by atoms with van der Waals surface area (Å²) >= 11 is 17.9. The van der Waals surface area contributed by atoms with E-state index < -0.39 is 28.5 Å². The molecule has 1 amide bonds. The Bertz CT molecular complexity index is 1040. The molecular weight excluding hydrogens is 442 g/mol. The molecule has 0 aliphatic carbocycles.